The Bertz CT molecular complexity index is 380. The van der Waals surface area contributed by atoms with Gasteiger partial charge in [0.25, 0.3) is 0 Å². The number of hydrogen-bond donors (Lipinski definition) is 0. The maximum atomic E-state index is 11.7. The van der Waals surface area contributed by atoms with Crippen LogP contribution in [0.2, 0.25) is 0 Å². The average Bonchev–Trinajstić information content (AvgIpc) is 2.65. The zero-order chi connectivity index (χ0) is 13.0. The molecule has 0 spiro atoms. The monoisotopic (exact) mass is 240 g/mol. The second kappa shape index (κ2) is 5.61. The van der Waals surface area contributed by atoms with Crippen molar-refractivity contribution >= 4 is 17.7 Å². The second-order valence-electron chi connectivity index (χ2n) is 3.68. The second-order valence-corrected chi connectivity index (χ2v) is 3.68. The first-order valence-electron chi connectivity index (χ1n) is 5.56. The number of ketones is 1. The molecule has 5 heteroatoms. The molecule has 0 bridgehead atoms. The van der Waals surface area contributed by atoms with Crippen LogP contribution in [0, 0.1) is 5.92 Å². The van der Waals surface area contributed by atoms with E-state index in [0.29, 0.717) is 17.6 Å². The van der Waals surface area contributed by atoms with Gasteiger partial charge in [-0.05, 0) is 18.9 Å². The van der Waals surface area contributed by atoms with Crippen LogP contribution >= 0.6 is 0 Å². The van der Waals surface area contributed by atoms with Crippen LogP contribution < -0.4 is 0 Å². The Morgan fingerprint density at radius 2 is 2.00 bits per heavy atom. The average molecular weight is 240 g/mol. The smallest absolute Gasteiger partial charge is 0.334 e. The summed E-state index contributed by atoms with van der Waals surface area (Å²) in [4.78, 5) is 34.8. The molecule has 0 radical (unpaired) electrons. The van der Waals surface area contributed by atoms with E-state index in [1.807, 2.05) is 0 Å². The molecule has 0 saturated carbocycles. The summed E-state index contributed by atoms with van der Waals surface area (Å²) in [6, 6.07) is 0. The van der Waals surface area contributed by atoms with E-state index in [2.05, 4.69) is 4.74 Å². The molecular formula is C12H16O5. The van der Waals surface area contributed by atoms with Crippen molar-refractivity contribution in [2.75, 3.05) is 13.7 Å². The van der Waals surface area contributed by atoms with Crippen molar-refractivity contribution in [3.63, 3.8) is 0 Å². The Labute approximate surface area is 99.8 Å². The molecule has 0 aromatic carbocycles. The fourth-order valence-corrected chi connectivity index (χ4v) is 1.99. The molecule has 0 aromatic heterocycles. The molecular weight excluding hydrogens is 224 g/mol. The summed E-state index contributed by atoms with van der Waals surface area (Å²) in [6.07, 6.45) is 0.418. The Morgan fingerprint density at radius 1 is 1.35 bits per heavy atom. The summed E-state index contributed by atoms with van der Waals surface area (Å²) in [5.41, 5.74) is 0.843. The molecule has 0 aromatic rings. The van der Waals surface area contributed by atoms with E-state index < -0.39 is 17.9 Å². The highest BCUT2D eigenvalue weighted by atomic mass is 16.5. The predicted octanol–water partition coefficient (Wildman–Crippen LogP) is 1.02. The van der Waals surface area contributed by atoms with Crippen LogP contribution in [0.15, 0.2) is 11.1 Å². The third-order valence-corrected chi connectivity index (χ3v) is 2.75. The van der Waals surface area contributed by atoms with Gasteiger partial charge in [-0.15, -0.1) is 0 Å². The summed E-state index contributed by atoms with van der Waals surface area (Å²) in [6.45, 7) is 3.73. The number of esters is 2. The van der Waals surface area contributed by atoms with Gasteiger partial charge in [0, 0.05) is 12.0 Å². The highest BCUT2D eigenvalue weighted by Gasteiger charge is 2.40. The van der Waals surface area contributed by atoms with Crippen molar-refractivity contribution in [1.82, 2.24) is 0 Å². The quantitative estimate of drug-likeness (QED) is 0.542. The standard InChI is InChI=1S/C12H16O5/c1-4-7-8(11(14)17-5-2)6-9(13)10(7)12(15)16-3/h10H,4-6H2,1-3H3. The van der Waals surface area contributed by atoms with E-state index in [0.717, 1.165) is 0 Å². The minimum absolute atomic E-state index is 0.0399. The molecule has 1 atom stereocenters. The molecule has 1 aliphatic carbocycles. The zero-order valence-corrected chi connectivity index (χ0v) is 10.2. The number of hydrogen-bond acceptors (Lipinski definition) is 5. The lowest BCUT2D eigenvalue weighted by molar-refractivity contribution is -0.147. The minimum Gasteiger partial charge on any atom is -0.468 e. The van der Waals surface area contributed by atoms with Gasteiger partial charge in [-0.3, -0.25) is 9.59 Å². The van der Waals surface area contributed by atoms with E-state index >= 15 is 0 Å². The summed E-state index contributed by atoms with van der Waals surface area (Å²) in [5, 5.41) is 0. The van der Waals surface area contributed by atoms with Crippen molar-refractivity contribution in [2.45, 2.75) is 26.7 Å². The minimum atomic E-state index is -0.926. The first-order chi connectivity index (χ1) is 8.06. The van der Waals surface area contributed by atoms with E-state index in [1.165, 1.54) is 7.11 Å². The number of carbonyl (C=O) groups excluding carboxylic acids is 3. The maximum absolute atomic E-state index is 11.7. The first kappa shape index (κ1) is 13.4. The molecule has 5 nitrogen and oxygen atoms in total. The molecule has 0 N–H and O–H groups in total. The van der Waals surface area contributed by atoms with Gasteiger partial charge >= 0.3 is 11.9 Å². The summed E-state index contributed by atoms with van der Waals surface area (Å²) in [5.74, 6) is -2.34. The predicted molar refractivity (Wildman–Crippen MR) is 59.1 cm³/mol. The molecule has 1 rings (SSSR count). The molecule has 0 aliphatic heterocycles. The molecule has 0 saturated heterocycles. The maximum Gasteiger partial charge on any atom is 0.334 e. The van der Waals surface area contributed by atoms with E-state index in [9.17, 15) is 14.4 Å². The van der Waals surface area contributed by atoms with Crippen LogP contribution in [-0.2, 0) is 23.9 Å². The number of Topliss-reactive ketones (excluding diaryl/α,β-unsaturated/α-hetero) is 1. The van der Waals surface area contributed by atoms with Gasteiger partial charge in [0.15, 0.2) is 5.78 Å². The number of ether oxygens (including phenoxy) is 2. The van der Waals surface area contributed by atoms with E-state index in [1.54, 1.807) is 13.8 Å². The molecule has 1 unspecified atom stereocenters. The fourth-order valence-electron chi connectivity index (χ4n) is 1.99. The van der Waals surface area contributed by atoms with Gasteiger partial charge in [0.2, 0.25) is 0 Å². The van der Waals surface area contributed by atoms with Crippen molar-refractivity contribution in [2.24, 2.45) is 5.92 Å². The topological polar surface area (TPSA) is 69.7 Å². The molecule has 17 heavy (non-hydrogen) atoms. The SMILES string of the molecule is CCOC(=O)C1=C(CC)C(C(=O)OC)C(=O)C1. The highest BCUT2D eigenvalue weighted by molar-refractivity contribution is 6.11. The Kier molecular flexibility index (Phi) is 4.43. The Morgan fingerprint density at radius 3 is 2.47 bits per heavy atom. The molecule has 94 valence electrons. The largest absolute Gasteiger partial charge is 0.468 e. The van der Waals surface area contributed by atoms with Crippen LogP contribution in [0.1, 0.15) is 26.7 Å². The van der Waals surface area contributed by atoms with Gasteiger partial charge in [0.1, 0.15) is 5.92 Å². The number of methoxy groups -OCH3 is 1. The summed E-state index contributed by atoms with van der Waals surface area (Å²) in [7, 11) is 1.23. The highest BCUT2D eigenvalue weighted by Crippen LogP contribution is 2.32. The normalized spacial score (nSPS) is 19.5. The third kappa shape index (κ3) is 2.54. The molecule has 0 amide bonds. The Hall–Kier alpha value is -1.65. The number of carbonyl (C=O) groups is 3. The van der Waals surface area contributed by atoms with Crippen molar-refractivity contribution < 1.29 is 23.9 Å². The lowest BCUT2D eigenvalue weighted by Gasteiger charge is -2.10. The summed E-state index contributed by atoms with van der Waals surface area (Å²) < 4.78 is 9.45. The molecule has 1 aliphatic rings. The molecule has 0 heterocycles. The van der Waals surface area contributed by atoms with Crippen molar-refractivity contribution in [1.29, 1.82) is 0 Å². The number of rotatable bonds is 4. The van der Waals surface area contributed by atoms with Crippen molar-refractivity contribution in [3.8, 4) is 0 Å². The van der Waals surface area contributed by atoms with Gasteiger partial charge in [-0.1, -0.05) is 6.92 Å². The van der Waals surface area contributed by atoms with Gasteiger partial charge in [0.05, 0.1) is 13.7 Å². The van der Waals surface area contributed by atoms with Crippen LogP contribution in [-0.4, -0.2) is 31.4 Å². The molecule has 0 fully saturated rings. The van der Waals surface area contributed by atoms with Crippen LogP contribution in [0.5, 0.6) is 0 Å². The lowest BCUT2D eigenvalue weighted by Crippen LogP contribution is -2.22. The van der Waals surface area contributed by atoms with Crippen molar-refractivity contribution in [3.05, 3.63) is 11.1 Å². The Balaban J connectivity index is 3.05. The van der Waals surface area contributed by atoms with Crippen LogP contribution in [0.4, 0.5) is 0 Å². The summed E-state index contributed by atoms with van der Waals surface area (Å²) >= 11 is 0. The van der Waals surface area contributed by atoms with Crippen LogP contribution in [0.25, 0.3) is 0 Å². The van der Waals surface area contributed by atoms with Crippen LogP contribution in [0.3, 0.4) is 0 Å². The van der Waals surface area contributed by atoms with E-state index in [4.69, 9.17) is 4.74 Å². The third-order valence-electron chi connectivity index (χ3n) is 2.75. The van der Waals surface area contributed by atoms with E-state index in [-0.39, 0.29) is 18.8 Å². The lowest BCUT2D eigenvalue weighted by atomic mass is 9.98. The van der Waals surface area contributed by atoms with Gasteiger partial charge in [-0.2, -0.15) is 0 Å². The van der Waals surface area contributed by atoms with Gasteiger partial charge < -0.3 is 9.47 Å². The first-order valence-corrected chi connectivity index (χ1v) is 5.56. The zero-order valence-electron chi connectivity index (χ0n) is 10.2. The fraction of sp³-hybridized carbons (Fsp3) is 0.583. The van der Waals surface area contributed by atoms with Gasteiger partial charge in [-0.25, -0.2) is 4.79 Å².